The first kappa shape index (κ1) is 22.1. The lowest BCUT2D eigenvalue weighted by Crippen LogP contribution is -2.17. The molecule has 0 aliphatic heterocycles. The summed E-state index contributed by atoms with van der Waals surface area (Å²) in [6.45, 7) is 9.38. The fourth-order valence-electron chi connectivity index (χ4n) is 6.81. The van der Waals surface area contributed by atoms with Gasteiger partial charge in [0, 0.05) is 27.8 Å². The Labute approximate surface area is 219 Å². The van der Waals surface area contributed by atoms with Crippen LogP contribution in [0.3, 0.4) is 0 Å². The van der Waals surface area contributed by atoms with Crippen LogP contribution in [0, 0.1) is 0 Å². The molecule has 1 N–H and O–H groups in total. The van der Waals surface area contributed by atoms with Gasteiger partial charge in [-0.2, -0.15) is 0 Å². The third-order valence-corrected chi connectivity index (χ3v) is 8.67. The predicted molar refractivity (Wildman–Crippen MR) is 157 cm³/mol. The van der Waals surface area contributed by atoms with Gasteiger partial charge < -0.3 is 5.32 Å². The normalized spacial score (nSPS) is 15.5. The van der Waals surface area contributed by atoms with Crippen molar-refractivity contribution < 1.29 is 0 Å². The molecule has 2 aliphatic rings. The maximum atomic E-state index is 3.87. The van der Waals surface area contributed by atoms with E-state index in [0.717, 1.165) is 5.69 Å². The zero-order valence-electron chi connectivity index (χ0n) is 21.9. The Kier molecular flexibility index (Phi) is 4.60. The van der Waals surface area contributed by atoms with Crippen LogP contribution in [0.25, 0.3) is 33.4 Å². The molecule has 0 unspecified atom stereocenters. The Balaban J connectivity index is 1.33. The van der Waals surface area contributed by atoms with Crippen molar-refractivity contribution in [3.05, 3.63) is 131 Å². The summed E-state index contributed by atoms with van der Waals surface area (Å²) in [7, 11) is 0. The molecule has 5 aromatic rings. The smallest absolute Gasteiger partial charge is 0.0463 e. The van der Waals surface area contributed by atoms with Gasteiger partial charge in [0.2, 0.25) is 0 Å². The third-order valence-electron chi connectivity index (χ3n) is 8.67. The van der Waals surface area contributed by atoms with Gasteiger partial charge >= 0.3 is 0 Å². The highest BCUT2D eigenvalue weighted by molar-refractivity contribution is 5.90. The standard InChI is InChI=1S/C36H31N/c1-35(2)29-16-8-5-13-25(29)27-21-20-23(22-31(27)35)24-12-7-10-18-32(24)37-33-19-11-15-28-26-14-6-9-17-30(26)36(3,4)34(28)33/h5-22,37H,1-4H3. The monoisotopic (exact) mass is 477 g/mol. The van der Waals surface area contributed by atoms with Crippen molar-refractivity contribution in [3.8, 4) is 33.4 Å². The van der Waals surface area contributed by atoms with Crippen molar-refractivity contribution in [2.75, 3.05) is 5.32 Å². The first-order valence-electron chi connectivity index (χ1n) is 13.2. The van der Waals surface area contributed by atoms with Crippen LogP contribution in [0.15, 0.2) is 109 Å². The highest BCUT2D eigenvalue weighted by Gasteiger charge is 2.38. The molecule has 37 heavy (non-hydrogen) atoms. The van der Waals surface area contributed by atoms with E-state index in [1.807, 2.05) is 0 Å². The molecular formula is C36H31N. The summed E-state index contributed by atoms with van der Waals surface area (Å²) in [5, 5.41) is 3.87. The third kappa shape index (κ3) is 3.10. The SMILES string of the molecule is CC1(C)c2ccccc2-c2ccc(-c3ccccc3Nc3cccc4c3C(C)(C)c3ccccc3-4)cc21. The molecule has 0 spiro atoms. The number of fused-ring (bicyclic) bond motifs is 6. The maximum absolute atomic E-state index is 3.87. The number of benzene rings is 5. The van der Waals surface area contributed by atoms with Gasteiger partial charge in [-0.25, -0.2) is 0 Å². The Bertz CT molecular complexity index is 1700. The van der Waals surface area contributed by atoms with Crippen LogP contribution in [-0.2, 0) is 10.8 Å². The molecule has 0 fully saturated rings. The molecule has 0 aromatic heterocycles. The van der Waals surface area contributed by atoms with Gasteiger partial charge in [0.15, 0.2) is 0 Å². The Morgan fingerprint density at radius 3 is 1.73 bits per heavy atom. The lowest BCUT2D eigenvalue weighted by molar-refractivity contribution is 0.660. The zero-order valence-corrected chi connectivity index (χ0v) is 21.9. The molecule has 7 rings (SSSR count). The fraction of sp³-hybridized carbons (Fsp3) is 0.167. The summed E-state index contributed by atoms with van der Waals surface area (Å²) >= 11 is 0. The number of rotatable bonds is 3. The largest absolute Gasteiger partial charge is 0.355 e. The van der Waals surface area contributed by atoms with Gasteiger partial charge in [0.05, 0.1) is 0 Å². The molecule has 0 saturated heterocycles. The van der Waals surface area contributed by atoms with Crippen LogP contribution in [0.4, 0.5) is 11.4 Å². The van der Waals surface area contributed by atoms with Crippen LogP contribution < -0.4 is 5.32 Å². The van der Waals surface area contributed by atoms with Crippen LogP contribution >= 0.6 is 0 Å². The highest BCUT2D eigenvalue weighted by Crippen LogP contribution is 2.53. The number of hydrogen-bond acceptors (Lipinski definition) is 1. The Hall–Kier alpha value is -4.10. The molecule has 5 aromatic carbocycles. The van der Waals surface area contributed by atoms with Crippen molar-refractivity contribution in [2.24, 2.45) is 0 Å². The summed E-state index contributed by atoms with van der Waals surface area (Å²) in [5.74, 6) is 0. The number of hydrogen-bond donors (Lipinski definition) is 1. The first-order chi connectivity index (χ1) is 17.9. The van der Waals surface area contributed by atoms with Crippen molar-refractivity contribution in [1.29, 1.82) is 0 Å². The predicted octanol–water partition coefficient (Wildman–Crippen LogP) is 9.71. The maximum Gasteiger partial charge on any atom is 0.0463 e. The molecule has 0 atom stereocenters. The quantitative estimate of drug-likeness (QED) is 0.273. The average molecular weight is 478 g/mol. The summed E-state index contributed by atoms with van der Waals surface area (Å²) < 4.78 is 0. The van der Waals surface area contributed by atoms with E-state index in [1.165, 1.54) is 61.3 Å². The molecular weight excluding hydrogens is 446 g/mol. The van der Waals surface area contributed by atoms with E-state index in [2.05, 4.69) is 142 Å². The van der Waals surface area contributed by atoms with Crippen LogP contribution in [-0.4, -0.2) is 0 Å². The lowest BCUT2D eigenvalue weighted by atomic mass is 9.81. The number of anilines is 2. The van der Waals surface area contributed by atoms with E-state index in [0.29, 0.717) is 0 Å². The molecule has 0 saturated carbocycles. The fourth-order valence-corrected chi connectivity index (χ4v) is 6.81. The van der Waals surface area contributed by atoms with Gasteiger partial charge in [0.25, 0.3) is 0 Å². The van der Waals surface area contributed by atoms with Crippen LogP contribution in [0.2, 0.25) is 0 Å². The molecule has 1 heteroatoms. The van der Waals surface area contributed by atoms with Gasteiger partial charge in [-0.3, -0.25) is 0 Å². The second-order valence-corrected chi connectivity index (χ2v) is 11.5. The summed E-state index contributed by atoms with van der Waals surface area (Å²) in [5.41, 5.74) is 15.7. The molecule has 1 nitrogen and oxygen atoms in total. The van der Waals surface area contributed by atoms with E-state index in [-0.39, 0.29) is 10.8 Å². The molecule has 0 heterocycles. The van der Waals surface area contributed by atoms with Gasteiger partial charge in [0.1, 0.15) is 0 Å². The second-order valence-electron chi connectivity index (χ2n) is 11.5. The second kappa shape index (κ2) is 7.70. The number of nitrogens with one attached hydrogen (secondary N) is 1. The minimum absolute atomic E-state index is 0.0135. The van der Waals surface area contributed by atoms with Crippen molar-refractivity contribution in [1.82, 2.24) is 0 Å². The molecule has 0 amide bonds. The topological polar surface area (TPSA) is 12.0 Å². The van der Waals surface area contributed by atoms with E-state index >= 15 is 0 Å². The first-order valence-corrected chi connectivity index (χ1v) is 13.2. The van der Waals surface area contributed by atoms with E-state index < -0.39 is 0 Å². The average Bonchev–Trinajstić information content (AvgIpc) is 3.29. The van der Waals surface area contributed by atoms with E-state index in [9.17, 15) is 0 Å². The van der Waals surface area contributed by atoms with Crippen molar-refractivity contribution >= 4 is 11.4 Å². The highest BCUT2D eigenvalue weighted by atomic mass is 14.9. The minimum Gasteiger partial charge on any atom is -0.355 e. The van der Waals surface area contributed by atoms with Gasteiger partial charge in [-0.1, -0.05) is 119 Å². The lowest BCUT2D eigenvalue weighted by Gasteiger charge is -2.25. The van der Waals surface area contributed by atoms with Crippen molar-refractivity contribution in [2.45, 2.75) is 38.5 Å². The Morgan fingerprint density at radius 1 is 0.432 bits per heavy atom. The van der Waals surface area contributed by atoms with Gasteiger partial charge in [-0.05, 0) is 68.3 Å². The molecule has 0 radical (unpaired) electrons. The molecule has 0 bridgehead atoms. The Morgan fingerprint density at radius 2 is 0.973 bits per heavy atom. The summed E-state index contributed by atoms with van der Waals surface area (Å²) in [6.07, 6.45) is 0. The number of para-hydroxylation sites is 1. The summed E-state index contributed by atoms with van der Waals surface area (Å²) in [4.78, 5) is 0. The van der Waals surface area contributed by atoms with Crippen LogP contribution in [0.1, 0.15) is 49.9 Å². The van der Waals surface area contributed by atoms with Crippen LogP contribution in [0.5, 0.6) is 0 Å². The van der Waals surface area contributed by atoms with Gasteiger partial charge in [-0.15, -0.1) is 0 Å². The zero-order chi connectivity index (χ0) is 25.4. The van der Waals surface area contributed by atoms with E-state index in [1.54, 1.807) is 0 Å². The molecule has 180 valence electrons. The summed E-state index contributed by atoms with van der Waals surface area (Å²) in [6, 6.07) is 40.1. The molecule has 2 aliphatic carbocycles. The minimum atomic E-state index is -0.0617. The van der Waals surface area contributed by atoms with E-state index in [4.69, 9.17) is 0 Å². The van der Waals surface area contributed by atoms with Crippen molar-refractivity contribution in [3.63, 3.8) is 0 Å².